The van der Waals surface area contributed by atoms with Crippen molar-refractivity contribution in [3.8, 4) is 5.95 Å². The van der Waals surface area contributed by atoms with Crippen LogP contribution in [-0.4, -0.2) is 47.0 Å². The third kappa shape index (κ3) is 3.61. The van der Waals surface area contributed by atoms with Gasteiger partial charge in [0.2, 0.25) is 11.9 Å². The largest absolute Gasteiger partial charge is 0.396 e. The molecule has 1 atom stereocenters. The minimum atomic E-state index is -0.332. The van der Waals surface area contributed by atoms with Crippen LogP contribution < -0.4 is 16.6 Å². The average Bonchev–Trinajstić information content (AvgIpc) is 3.01. The van der Waals surface area contributed by atoms with Crippen LogP contribution in [0, 0.1) is 0 Å². The van der Waals surface area contributed by atoms with E-state index in [-0.39, 0.29) is 18.1 Å². The molecule has 2 aromatic heterocycles. The van der Waals surface area contributed by atoms with Gasteiger partial charge in [-0.3, -0.25) is 5.43 Å². The lowest BCUT2D eigenvalue weighted by Gasteiger charge is -2.29. The van der Waals surface area contributed by atoms with Gasteiger partial charge in [-0.25, -0.2) is 10.8 Å². The normalized spacial score (nSPS) is 13.7. The second kappa shape index (κ2) is 6.41. The van der Waals surface area contributed by atoms with E-state index >= 15 is 0 Å². The highest BCUT2D eigenvalue weighted by Crippen LogP contribution is 2.20. The second-order valence-corrected chi connectivity index (χ2v) is 4.78. The molecule has 0 amide bonds. The number of nitrogens with two attached hydrogens (primary N) is 1. The van der Waals surface area contributed by atoms with Crippen molar-refractivity contribution in [1.29, 1.82) is 0 Å². The lowest BCUT2D eigenvalue weighted by Crippen LogP contribution is -2.36. The van der Waals surface area contributed by atoms with Crippen molar-refractivity contribution in [3.05, 3.63) is 12.7 Å². The molecule has 0 saturated heterocycles. The molecule has 0 aliphatic rings. The van der Waals surface area contributed by atoms with E-state index in [2.05, 4.69) is 35.8 Å². The Kier molecular flexibility index (Phi) is 4.60. The number of hydrogen-bond acceptors (Lipinski definition) is 9. The van der Waals surface area contributed by atoms with Crippen LogP contribution in [0.1, 0.15) is 26.7 Å². The number of nitrogen functional groups attached to an aromatic ring is 1. The van der Waals surface area contributed by atoms with Gasteiger partial charge < -0.3 is 10.4 Å². The number of aliphatic hydroxyl groups is 1. The lowest BCUT2D eigenvalue weighted by atomic mass is 9.95. The summed E-state index contributed by atoms with van der Waals surface area (Å²) in [4.78, 5) is 16.4. The predicted octanol–water partition coefficient (Wildman–Crippen LogP) is -0.299. The SMILES string of the molecule is CCC(C)(CCO)Nc1nc(NN)nc(-n2cncn2)n1. The van der Waals surface area contributed by atoms with Gasteiger partial charge in [-0.15, -0.1) is 0 Å². The molecule has 2 aromatic rings. The number of aliphatic hydroxyl groups excluding tert-OH is 1. The van der Waals surface area contributed by atoms with Gasteiger partial charge in [0.05, 0.1) is 0 Å². The van der Waals surface area contributed by atoms with Crippen molar-refractivity contribution < 1.29 is 5.11 Å². The number of nitrogens with zero attached hydrogens (tertiary/aromatic N) is 6. The number of hydrogen-bond donors (Lipinski definition) is 4. The summed E-state index contributed by atoms with van der Waals surface area (Å²) in [6.45, 7) is 4.07. The number of nitrogens with one attached hydrogen (secondary N) is 2. The Hall–Kier alpha value is -2.33. The molecule has 0 aliphatic carbocycles. The average molecular weight is 293 g/mol. The topological polar surface area (TPSA) is 140 Å². The molecular weight excluding hydrogens is 274 g/mol. The Morgan fingerprint density at radius 1 is 1.33 bits per heavy atom. The molecule has 0 aromatic carbocycles. The fourth-order valence-electron chi connectivity index (χ4n) is 1.74. The summed E-state index contributed by atoms with van der Waals surface area (Å²) in [5.74, 6) is 6.23. The molecule has 0 radical (unpaired) electrons. The molecule has 0 bridgehead atoms. The highest BCUT2D eigenvalue weighted by atomic mass is 16.3. The minimum Gasteiger partial charge on any atom is -0.396 e. The first kappa shape index (κ1) is 15.1. The van der Waals surface area contributed by atoms with E-state index in [0.717, 1.165) is 6.42 Å². The van der Waals surface area contributed by atoms with Crippen molar-refractivity contribution in [3.63, 3.8) is 0 Å². The fraction of sp³-hybridized carbons (Fsp3) is 0.545. The van der Waals surface area contributed by atoms with Crippen molar-refractivity contribution in [2.75, 3.05) is 17.3 Å². The van der Waals surface area contributed by atoms with Gasteiger partial charge in [-0.2, -0.15) is 24.7 Å². The highest BCUT2D eigenvalue weighted by molar-refractivity contribution is 5.38. The molecular formula is C11H19N9O. The molecule has 2 heterocycles. The van der Waals surface area contributed by atoms with E-state index in [0.29, 0.717) is 18.3 Å². The van der Waals surface area contributed by atoms with Crippen molar-refractivity contribution in [2.24, 2.45) is 5.84 Å². The molecule has 114 valence electrons. The maximum atomic E-state index is 9.17. The molecule has 0 fully saturated rings. The monoisotopic (exact) mass is 293 g/mol. The van der Waals surface area contributed by atoms with Gasteiger partial charge in [-0.05, 0) is 19.8 Å². The molecule has 10 heteroatoms. The first-order valence-corrected chi connectivity index (χ1v) is 6.57. The van der Waals surface area contributed by atoms with E-state index < -0.39 is 0 Å². The van der Waals surface area contributed by atoms with E-state index in [1.54, 1.807) is 0 Å². The summed E-state index contributed by atoms with van der Waals surface area (Å²) in [6, 6.07) is 0. The smallest absolute Gasteiger partial charge is 0.258 e. The summed E-state index contributed by atoms with van der Waals surface area (Å²) in [7, 11) is 0. The van der Waals surface area contributed by atoms with E-state index in [4.69, 9.17) is 10.9 Å². The molecule has 0 aliphatic heterocycles. The molecule has 5 N–H and O–H groups in total. The van der Waals surface area contributed by atoms with Crippen LogP contribution in [0.4, 0.5) is 11.9 Å². The second-order valence-electron chi connectivity index (χ2n) is 4.78. The van der Waals surface area contributed by atoms with E-state index in [1.807, 2.05) is 13.8 Å². The molecule has 2 rings (SSSR count). The molecule has 1 unspecified atom stereocenters. The van der Waals surface area contributed by atoms with Crippen molar-refractivity contribution >= 4 is 11.9 Å². The fourth-order valence-corrected chi connectivity index (χ4v) is 1.74. The Morgan fingerprint density at radius 2 is 2.10 bits per heavy atom. The van der Waals surface area contributed by atoms with Crippen LogP contribution >= 0.6 is 0 Å². The zero-order valence-corrected chi connectivity index (χ0v) is 12.0. The summed E-state index contributed by atoms with van der Waals surface area (Å²) in [5, 5.41) is 16.3. The van der Waals surface area contributed by atoms with Crippen LogP contribution in [0.5, 0.6) is 0 Å². The maximum Gasteiger partial charge on any atom is 0.258 e. The van der Waals surface area contributed by atoms with Gasteiger partial charge >= 0.3 is 0 Å². The predicted molar refractivity (Wildman–Crippen MR) is 76.6 cm³/mol. The Balaban J connectivity index is 2.33. The minimum absolute atomic E-state index is 0.0698. The van der Waals surface area contributed by atoms with Gasteiger partial charge in [0.25, 0.3) is 5.95 Å². The first-order valence-electron chi connectivity index (χ1n) is 6.57. The molecule has 0 spiro atoms. The van der Waals surface area contributed by atoms with E-state index in [9.17, 15) is 0 Å². The molecule has 21 heavy (non-hydrogen) atoms. The number of aromatic nitrogens is 6. The lowest BCUT2D eigenvalue weighted by molar-refractivity contribution is 0.251. The van der Waals surface area contributed by atoms with Crippen LogP contribution in [0.3, 0.4) is 0 Å². The third-order valence-corrected chi connectivity index (χ3v) is 3.23. The van der Waals surface area contributed by atoms with Crippen LogP contribution in [0.25, 0.3) is 5.95 Å². The van der Waals surface area contributed by atoms with Crippen LogP contribution in [0.2, 0.25) is 0 Å². The van der Waals surface area contributed by atoms with Crippen LogP contribution in [-0.2, 0) is 0 Å². The third-order valence-electron chi connectivity index (χ3n) is 3.23. The maximum absolute atomic E-state index is 9.17. The summed E-state index contributed by atoms with van der Waals surface area (Å²) in [5.41, 5.74) is 2.06. The molecule has 10 nitrogen and oxygen atoms in total. The first-order chi connectivity index (χ1) is 10.1. The Bertz CT molecular complexity index is 573. The number of anilines is 2. The quantitative estimate of drug-likeness (QED) is 0.400. The number of hydrazine groups is 1. The zero-order valence-electron chi connectivity index (χ0n) is 12.0. The summed E-state index contributed by atoms with van der Waals surface area (Å²) in [6.07, 6.45) is 4.23. The molecule has 0 saturated carbocycles. The van der Waals surface area contributed by atoms with Gasteiger partial charge in [0.1, 0.15) is 12.7 Å². The van der Waals surface area contributed by atoms with Gasteiger partial charge in [0, 0.05) is 12.1 Å². The van der Waals surface area contributed by atoms with E-state index in [1.165, 1.54) is 17.3 Å². The summed E-state index contributed by atoms with van der Waals surface area (Å²) < 4.78 is 1.41. The highest BCUT2D eigenvalue weighted by Gasteiger charge is 2.23. The Morgan fingerprint density at radius 3 is 2.67 bits per heavy atom. The van der Waals surface area contributed by atoms with Crippen LogP contribution in [0.15, 0.2) is 12.7 Å². The van der Waals surface area contributed by atoms with Crippen molar-refractivity contribution in [2.45, 2.75) is 32.2 Å². The summed E-state index contributed by atoms with van der Waals surface area (Å²) >= 11 is 0. The zero-order chi connectivity index (χ0) is 15.3. The van der Waals surface area contributed by atoms with Gasteiger partial charge in [0.15, 0.2) is 0 Å². The standard InChI is InChI=1S/C11H19N9O/c1-3-11(2,4-5-21)18-8-15-9(19-12)17-10(16-8)20-7-13-6-14-20/h6-7,21H,3-5,12H2,1-2H3,(H2,15,16,17,18,19). The van der Waals surface area contributed by atoms with Crippen molar-refractivity contribution in [1.82, 2.24) is 29.7 Å². The van der Waals surface area contributed by atoms with Gasteiger partial charge in [-0.1, -0.05) is 6.92 Å². The number of rotatable bonds is 7. The Labute approximate surface area is 121 Å².